The molecule has 8 heteroatoms. The Labute approximate surface area is 139 Å². The third kappa shape index (κ3) is 4.33. The van der Waals surface area contributed by atoms with E-state index >= 15 is 0 Å². The van der Waals surface area contributed by atoms with Crippen molar-refractivity contribution in [2.24, 2.45) is 7.05 Å². The van der Waals surface area contributed by atoms with Gasteiger partial charge in [-0.2, -0.15) is 5.10 Å². The van der Waals surface area contributed by atoms with Crippen LogP contribution < -0.4 is 0 Å². The summed E-state index contributed by atoms with van der Waals surface area (Å²) >= 11 is 6.12. The molecule has 1 aromatic rings. The Morgan fingerprint density at radius 3 is 2.65 bits per heavy atom. The minimum Gasteiger partial charge on any atom is -0.480 e. The van der Waals surface area contributed by atoms with Crippen molar-refractivity contribution in [3.8, 4) is 0 Å². The molecule has 2 heterocycles. The van der Waals surface area contributed by atoms with Gasteiger partial charge < -0.3 is 14.7 Å². The number of rotatable bonds is 5. The number of ether oxygens (including phenoxy) is 1. The number of nitrogens with zero attached hydrogens (tertiary/aromatic N) is 3. The highest BCUT2D eigenvalue weighted by Crippen LogP contribution is 2.21. The molecular weight excluding hydrogens is 322 g/mol. The Morgan fingerprint density at radius 1 is 1.48 bits per heavy atom. The number of amides is 1. The molecular formula is C15H20ClN3O4. The standard InChI is InChI=1S/C15H20ClN3O4/c1-10-12(15(16)18(2)17-10)3-4-13(20)19(9-14(21)22)11-5-7-23-8-6-11/h3-4,11H,5-9H2,1-2H3,(H,21,22). The van der Waals surface area contributed by atoms with Crippen molar-refractivity contribution < 1.29 is 19.4 Å². The van der Waals surface area contributed by atoms with Crippen LogP contribution in [0.15, 0.2) is 6.08 Å². The van der Waals surface area contributed by atoms with Crippen molar-refractivity contribution in [3.05, 3.63) is 22.5 Å². The largest absolute Gasteiger partial charge is 0.480 e. The Hall–Kier alpha value is -1.86. The van der Waals surface area contributed by atoms with Gasteiger partial charge in [-0.15, -0.1) is 0 Å². The minimum absolute atomic E-state index is 0.123. The van der Waals surface area contributed by atoms with Crippen LogP contribution in [0.5, 0.6) is 0 Å². The Balaban J connectivity index is 2.16. The van der Waals surface area contributed by atoms with Crippen LogP contribution in [0.2, 0.25) is 5.15 Å². The molecule has 1 N–H and O–H groups in total. The number of carbonyl (C=O) groups excluding carboxylic acids is 1. The van der Waals surface area contributed by atoms with Gasteiger partial charge in [0.15, 0.2) is 0 Å². The van der Waals surface area contributed by atoms with E-state index in [-0.39, 0.29) is 18.5 Å². The van der Waals surface area contributed by atoms with Crippen molar-refractivity contribution in [1.82, 2.24) is 14.7 Å². The van der Waals surface area contributed by atoms with Gasteiger partial charge in [-0.1, -0.05) is 11.6 Å². The summed E-state index contributed by atoms with van der Waals surface area (Å²) in [6, 6.07) is -0.123. The number of hydrogen-bond donors (Lipinski definition) is 1. The molecule has 1 fully saturated rings. The van der Waals surface area contributed by atoms with E-state index in [1.165, 1.54) is 15.7 Å². The average molecular weight is 342 g/mol. The zero-order valence-electron chi connectivity index (χ0n) is 13.2. The van der Waals surface area contributed by atoms with E-state index in [2.05, 4.69) is 5.10 Å². The van der Waals surface area contributed by atoms with E-state index < -0.39 is 5.97 Å². The van der Waals surface area contributed by atoms with Gasteiger partial charge in [0.1, 0.15) is 11.7 Å². The van der Waals surface area contributed by atoms with Crippen LogP contribution in [0, 0.1) is 6.92 Å². The molecule has 1 aliphatic heterocycles. The lowest BCUT2D eigenvalue weighted by atomic mass is 10.1. The van der Waals surface area contributed by atoms with E-state index in [4.69, 9.17) is 21.4 Å². The van der Waals surface area contributed by atoms with Crippen LogP contribution in [0.3, 0.4) is 0 Å². The van der Waals surface area contributed by atoms with Gasteiger partial charge in [0.05, 0.1) is 5.69 Å². The van der Waals surface area contributed by atoms with Gasteiger partial charge in [0.25, 0.3) is 0 Å². The van der Waals surface area contributed by atoms with Crippen molar-refractivity contribution in [1.29, 1.82) is 0 Å². The van der Waals surface area contributed by atoms with Crippen molar-refractivity contribution in [2.45, 2.75) is 25.8 Å². The molecule has 0 aliphatic carbocycles. The maximum absolute atomic E-state index is 12.4. The molecule has 7 nitrogen and oxygen atoms in total. The number of halogens is 1. The lowest BCUT2D eigenvalue weighted by molar-refractivity contribution is -0.145. The summed E-state index contributed by atoms with van der Waals surface area (Å²) in [4.78, 5) is 24.9. The Morgan fingerprint density at radius 2 is 2.13 bits per heavy atom. The van der Waals surface area contributed by atoms with Gasteiger partial charge >= 0.3 is 5.97 Å². The number of hydrogen-bond acceptors (Lipinski definition) is 4. The van der Waals surface area contributed by atoms with Gasteiger partial charge in [0, 0.05) is 37.9 Å². The fourth-order valence-corrected chi connectivity index (χ4v) is 2.85. The van der Waals surface area contributed by atoms with Gasteiger partial charge in [0.2, 0.25) is 5.91 Å². The number of aryl methyl sites for hydroxylation is 2. The molecule has 0 atom stereocenters. The SMILES string of the molecule is Cc1nn(C)c(Cl)c1C=CC(=O)N(CC(=O)O)C1CCOCC1. The molecule has 1 amide bonds. The summed E-state index contributed by atoms with van der Waals surface area (Å²) < 4.78 is 6.79. The first kappa shape index (κ1) is 17.5. The second-order valence-electron chi connectivity index (χ2n) is 5.45. The molecule has 23 heavy (non-hydrogen) atoms. The third-order valence-electron chi connectivity index (χ3n) is 3.81. The normalized spacial score (nSPS) is 16.0. The molecule has 0 bridgehead atoms. The van der Waals surface area contributed by atoms with E-state index in [1.807, 2.05) is 0 Å². The van der Waals surface area contributed by atoms with E-state index in [0.717, 1.165) is 0 Å². The quantitative estimate of drug-likeness (QED) is 0.820. The van der Waals surface area contributed by atoms with Gasteiger partial charge in [-0.25, -0.2) is 0 Å². The number of carbonyl (C=O) groups is 2. The van der Waals surface area contributed by atoms with Gasteiger partial charge in [-0.3, -0.25) is 14.3 Å². The number of aliphatic carboxylic acids is 1. The second-order valence-corrected chi connectivity index (χ2v) is 5.81. The molecule has 0 aromatic carbocycles. The average Bonchev–Trinajstić information content (AvgIpc) is 2.76. The highest BCUT2D eigenvalue weighted by atomic mass is 35.5. The Kier molecular flexibility index (Phi) is 5.79. The molecule has 0 unspecified atom stereocenters. The summed E-state index contributed by atoms with van der Waals surface area (Å²) in [5.41, 5.74) is 1.36. The zero-order chi connectivity index (χ0) is 17.0. The molecule has 126 valence electrons. The summed E-state index contributed by atoms with van der Waals surface area (Å²) in [5.74, 6) is -1.38. The molecule has 0 spiro atoms. The number of carboxylic acid groups (broad SMARTS) is 1. The summed E-state index contributed by atoms with van der Waals surface area (Å²) in [6.07, 6.45) is 4.22. The van der Waals surface area contributed by atoms with Crippen LogP contribution in [-0.4, -0.2) is 57.5 Å². The number of aromatic nitrogens is 2. The smallest absolute Gasteiger partial charge is 0.323 e. The molecule has 0 saturated carbocycles. The molecule has 1 saturated heterocycles. The van der Waals surface area contributed by atoms with E-state index in [9.17, 15) is 9.59 Å². The van der Waals surface area contributed by atoms with Crippen LogP contribution in [0.4, 0.5) is 0 Å². The lowest BCUT2D eigenvalue weighted by Crippen LogP contribution is -2.45. The predicted molar refractivity (Wildman–Crippen MR) is 85.2 cm³/mol. The van der Waals surface area contributed by atoms with Crippen molar-refractivity contribution >= 4 is 29.6 Å². The van der Waals surface area contributed by atoms with E-state index in [1.54, 1.807) is 20.0 Å². The van der Waals surface area contributed by atoms with Crippen LogP contribution in [0.25, 0.3) is 6.08 Å². The molecule has 0 radical (unpaired) electrons. The summed E-state index contributed by atoms with van der Waals surface area (Å²) in [7, 11) is 1.72. The van der Waals surface area contributed by atoms with E-state index in [0.29, 0.717) is 42.5 Å². The Bertz CT molecular complexity index is 620. The number of carboxylic acids is 1. The van der Waals surface area contributed by atoms with Crippen LogP contribution in [-0.2, 0) is 21.4 Å². The predicted octanol–water partition coefficient (Wildman–Crippen LogP) is 1.49. The maximum atomic E-state index is 12.4. The fraction of sp³-hybridized carbons (Fsp3) is 0.533. The maximum Gasteiger partial charge on any atom is 0.323 e. The summed E-state index contributed by atoms with van der Waals surface area (Å²) in [6.45, 7) is 2.54. The minimum atomic E-state index is -1.03. The first-order valence-electron chi connectivity index (χ1n) is 7.37. The van der Waals surface area contributed by atoms with Crippen LogP contribution in [0.1, 0.15) is 24.1 Å². The highest BCUT2D eigenvalue weighted by molar-refractivity contribution is 6.31. The second kappa shape index (κ2) is 7.61. The first-order valence-corrected chi connectivity index (χ1v) is 7.75. The van der Waals surface area contributed by atoms with Gasteiger partial charge in [-0.05, 0) is 25.8 Å². The van der Waals surface area contributed by atoms with Crippen molar-refractivity contribution in [2.75, 3.05) is 19.8 Å². The molecule has 1 aliphatic rings. The monoisotopic (exact) mass is 341 g/mol. The lowest BCUT2D eigenvalue weighted by Gasteiger charge is -2.32. The molecule has 2 rings (SSSR count). The zero-order valence-corrected chi connectivity index (χ0v) is 13.9. The van der Waals surface area contributed by atoms with Crippen molar-refractivity contribution in [3.63, 3.8) is 0 Å². The van der Waals surface area contributed by atoms with Crippen LogP contribution >= 0.6 is 11.6 Å². The fourth-order valence-electron chi connectivity index (χ4n) is 2.62. The topological polar surface area (TPSA) is 84.7 Å². The summed E-state index contributed by atoms with van der Waals surface area (Å²) in [5, 5.41) is 13.7. The first-order chi connectivity index (χ1) is 10.9. The highest BCUT2D eigenvalue weighted by Gasteiger charge is 2.26. The third-order valence-corrected chi connectivity index (χ3v) is 4.26. The molecule has 1 aromatic heterocycles.